The summed E-state index contributed by atoms with van der Waals surface area (Å²) in [6, 6.07) is 13.9. The Hall–Kier alpha value is -2.63. The fraction of sp³-hybridized carbons (Fsp3) is 0.0556. The number of carbonyl (C=O) groups is 1. The van der Waals surface area contributed by atoms with E-state index in [0.29, 0.717) is 21.7 Å². The zero-order chi connectivity index (χ0) is 17.8. The lowest BCUT2D eigenvalue weighted by Gasteiger charge is -2.09. The Morgan fingerprint density at radius 3 is 2.60 bits per heavy atom. The fourth-order valence-electron chi connectivity index (χ4n) is 2.19. The number of halogens is 2. The van der Waals surface area contributed by atoms with Gasteiger partial charge >= 0.3 is 0 Å². The highest BCUT2D eigenvalue weighted by Gasteiger charge is 2.10. The molecular weight excluding hydrogens is 359 g/mol. The molecule has 0 unspecified atom stereocenters. The standard InChI is InChI=1S/C18H14Cl2N4O/c1-11-9-13(20)5-6-15(11)23-18-21-8-7-16(24-18)17(25)22-14-4-2-3-12(19)10-14/h2-10H,1H3,(H,22,25)(H,21,23,24). The van der Waals surface area contributed by atoms with Gasteiger partial charge in [-0.1, -0.05) is 29.3 Å². The molecule has 7 heteroatoms. The maximum Gasteiger partial charge on any atom is 0.274 e. The van der Waals surface area contributed by atoms with E-state index >= 15 is 0 Å². The van der Waals surface area contributed by atoms with Gasteiger partial charge in [-0.2, -0.15) is 0 Å². The van der Waals surface area contributed by atoms with Crippen molar-refractivity contribution in [3.63, 3.8) is 0 Å². The van der Waals surface area contributed by atoms with Gasteiger partial charge in [0.15, 0.2) is 0 Å². The van der Waals surface area contributed by atoms with Crippen LogP contribution in [0.5, 0.6) is 0 Å². The van der Waals surface area contributed by atoms with Crippen LogP contribution < -0.4 is 10.6 Å². The summed E-state index contributed by atoms with van der Waals surface area (Å²) in [6.45, 7) is 1.92. The maximum absolute atomic E-state index is 12.4. The molecule has 5 nitrogen and oxygen atoms in total. The van der Waals surface area contributed by atoms with Gasteiger partial charge in [-0.3, -0.25) is 4.79 Å². The summed E-state index contributed by atoms with van der Waals surface area (Å²) in [6.07, 6.45) is 1.52. The zero-order valence-electron chi connectivity index (χ0n) is 13.3. The number of hydrogen-bond donors (Lipinski definition) is 2. The number of aromatic nitrogens is 2. The van der Waals surface area contributed by atoms with Crippen molar-refractivity contribution in [2.24, 2.45) is 0 Å². The number of aryl methyl sites for hydroxylation is 1. The first kappa shape index (κ1) is 17.2. The third kappa shape index (κ3) is 4.47. The maximum atomic E-state index is 12.4. The van der Waals surface area contributed by atoms with Crippen molar-refractivity contribution in [2.75, 3.05) is 10.6 Å². The first-order chi connectivity index (χ1) is 12.0. The van der Waals surface area contributed by atoms with E-state index in [0.717, 1.165) is 11.3 Å². The Balaban J connectivity index is 1.77. The molecule has 0 saturated carbocycles. The number of benzene rings is 2. The predicted molar refractivity (Wildman–Crippen MR) is 101 cm³/mol. The van der Waals surface area contributed by atoms with Crippen molar-refractivity contribution in [1.29, 1.82) is 0 Å². The molecule has 1 heterocycles. The molecule has 0 aliphatic heterocycles. The lowest BCUT2D eigenvalue weighted by molar-refractivity contribution is 0.102. The van der Waals surface area contributed by atoms with Crippen molar-refractivity contribution < 1.29 is 4.79 Å². The molecule has 0 radical (unpaired) electrons. The average molecular weight is 373 g/mol. The Labute approximate surface area is 155 Å². The van der Waals surface area contributed by atoms with Gasteiger partial charge in [-0.25, -0.2) is 9.97 Å². The Morgan fingerprint density at radius 1 is 1.04 bits per heavy atom. The van der Waals surface area contributed by atoms with E-state index in [-0.39, 0.29) is 11.6 Å². The SMILES string of the molecule is Cc1cc(Cl)ccc1Nc1nccc(C(=O)Nc2cccc(Cl)c2)n1. The first-order valence-electron chi connectivity index (χ1n) is 7.44. The number of nitrogens with zero attached hydrogens (tertiary/aromatic N) is 2. The van der Waals surface area contributed by atoms with E-state index < -0.39 is 0 Å². The van der Waals surface area contributed by atoms with Crippen molar-refractivity contribution in [3.8, 4) is 0 Å². The van der Waals surface area contributed by atoms with Crippen molar-refractivity contribution >= 4 is 46.4 Å². The van der Waals surface area contributed by atoms with Gasteiger partial charge in [-0.05, 0) is 55.0 Å². The summed E-state index contributed by atoms with van der Waals surface area (Å²) >= 11 is 11.9. The van der Waals surface area contributed by atoms with Crippen LogP contribution in [0.25, 0.3) is 0 Å². The van der Waals surface area contributed by atoms with E-state index in [2.05, 4.69) is 20.6 Å². The molecule has 3 rings (SSSR count). The van der Waals surface area contributed by atoms with E-state index in [1.807, 2.05) is 19.1 Å². The number of carbonyl (C=O) groups excluding carboxylic acids is 1. The smallest absolute Gasteiger partial charge is 0.274 e. The second-order valence-electron chi connectivity index (χ2n) is 5.31. The van der Waals surface area contributed by atoms with Gasteiger partial charge in [0, 0.05) is 27.6 Å². The quantitative estimate of drug-likeness (QED) is 0.669. The normalized spacial score (nSPS) is 10.4. The number of rotatable bonds is 4. The monoisotopic (exact) mass is 372 g/mol. The Kier molecular flexibility index (Phi) is 5.16. The molecule has 0 atom stereocenters. The predicted octanol–water partition coefficient (Wildman–Crippen LogP) is 5.09. The summed E-state index contributed by atoms with van der Waals surface area (Å²) in [5.41, 5.74) is 2.60. The second kappa shape index (κ2) is 7.51. The number of amides is 1. The number of anilines is 3. The number of nitrogens with one attached hydrogen (secondary N) is 2. The van der Waals surface area contributed by atoms with E-state index in [1.165, 1.54) is 6.20 Å². The van der Waals surface area contributed by atoms with E-state index in [4.69, 9.17) is 23.2 Å². The summed E-state index contributed by atoms with van der Waals surface area (Å²) in [4.78, 5) is 20.7. The van der Waals surface area contributed by atoms with Gasteiger partial charge in [0.2, 0.25) is 5.95 Å². The van der Waals surface area contributed by atoms with Crippen molar-refractivity contribution in [1.82, 2.24) is 9.97 Å². The van der Waals surface area contributed by atoms with E-state index in [1.54, 1.807) is 36.4 Å². The molecule has 2 N–H and O–H groups in total. The molecule has 0 aliphatic carbocycles. The lowest BCUT2D eigenvalue weighted by atomic mass is 10.2. The van der Waals surface area contributed by atoms with Crippen LogP contribution in [0.4, 0.5) is 17.3 Å². The van der Waals surface area contributed by atoms with Crippen LogP contribution in [0.1, 0.15) is 16.1 Å². The number of hydrogen-bond acceptors (Lipinski definition) is 4. The van der Waals surface area contributed by atoms with Gasteiger partial charge < -0.3 is 10.6 Å². The fourth-order valence-corrected chi connectivity index (χ4v) is 2.61. The largest absolute Gasteiger partial charge is 0.324 e. The molecule has 0 bridgehead atoms. The van der Waals surface area contributed by atoms with Crippen molar-refractivity contribution in [2.45, 2.75) is 6.92 Å². The Bertz CT molecular complexity index is 930. The second-order valence-corrected chi connectivity index (χ2v) is 6.19. The highest BCUT2D eigenvalue weighted by molar-refractivity contribution is 6.31. The third-order valence-electron chi connectivity index (χ3n) is 3.41. The van der Waals surface area contributed by atoms with Crippen LogP contribution in [-0.2, 0) is 0 Å². The molecule has 3 aromatic rings. The minimum absolute atomic E-state index is 0.240. The topological polar surface area (TPSA) is 66.9 Å². The molecule has 126 valence electrons. The van der Waals surface area contributed by atoms with Crippen LogP contribution >= 0.6 is 23.2 Å². The average Bonchev–Trinajstić information content (AvgIpc) is 2.58. The Morgan fingerprint density at radius 2 is 1.84 bits per heavy atom. The first-order valence-corrected chi connectivity index (χ1v) is 8.20. The molecule has 0 spiro atoms. The van der Waals surface area contributed by atoms with Crippen LogP contribution in [0.15, 0.2) is 54.7 Å². The van der Waals surface area contributed by atoms with Gasteiger partial charge in [0.05, 0.1) is 0 Å². The molecular formula is C18H14Cl2N4O. The van der Waals surface area contributed by atoms with E-state index in [9.17, 15) is 4.79 Å². The van der Waals surface area contributed by atoms with Crippen LogP contribution in [0.2, 0.25) is 10.0 Å². The van der Waals surface area contributed by atoms with Crippen molar-refractivity contribution in [3.05, 3.63) is 76.0 Å². The molecule has 25 heavy (non-hydrogen) atoms. The summed E-state index contributed by atoms with van der Waals surface area (Å²) in [5, 5.41) is 7.03. The van der Waals surface area contributed by atoms with Crippen LogP contribution in [-0.4, -0.2) is 15.9 Å². The minimum atomic E-state index is -0.347. The summed E-state index contributed by atoms with van der Waals surface area (Å²) < 4.78 is 0. The highest BCUT2D eigenvalue weighted by atomic mass is 35.5. The highest BCUT2D eigenvalue weighted by Crippen LogP contribution is 2.22. The third-order valence-corrected chi connectivity index (χ3v) is 3.88. The summed E-state index contributed by atoms with van der Waals surface area (Å²) in [7, 11) is 0. The summed E-state index contributed by atoms with van der Waals surface area (Å²) in [5.74, 6) is -0.0234. The molecule has 0 fully saturated rings. The van der Waals surface area contributed by atoms with Crippen LogP contribution in [0, 0.1) is 6.92 Å². The van der Waals surface area contributed by atoms with Gasteiger partial charge in [0.1, 0.15) is 5.69 Å². The molecule has 1 amide bonds. The van der Waals surface area contributed by atoms with Crippen LogP contribution in [0.3, 0.4) is 0 Å². The van der Waals surface area contributed by atoms with Gasteiger partial charge in [0.25, 0.3) is 5.91 Å². The molecule has 0 aliphatic rings. The zero-order valence-corrected chi connectivity index (χ0v) is 14.8. The minimum Gasteiger partial charge on any atom is -0.324 e. The van der Waals surface area contributed by atoms with Gasteiger partial charge in [-0.15, -0.1) is 0 Å². The molecule has 1 aromatic heterocycles. The molecule has 2 aromatic carbocycles. The lowest BCUT2D eigenvalue weighted by Crippen LogP contribution is -2.14. The molecule has 0 saturated heterocycles.